The molecular formula is C20H19FN2O3S. The van der Waals surface area contributed by atoms with E-state index < -0.39 is 6.04 Å². The third-order valence-corrected chi connectivity index (χ3v) is 5.13. The number of hydrogen-bond donors (Lipinski definition) is 1. The highest BCUT2D eigenvalue weighted by molar-refractivity contribution is 7.99. The summed E-state index contributed by atoms with van der Waals surface area (Å²) in [6.07, 6.45) is 3.02. The van der Waals surface area contributed by atoms with Crippen LogP contribution in [0, 0.1) is 5.82 Å². The molecule has 1 saturated heterocycles. The first kappa shape index (κ1) is 19.0. The number of methoxy groups -OCH3 is 1. The zero-order valence-corrected chi connectivity index (χ0v) is 15.5. The second kappa shape index (κ2) is 8.73. The number of carbonyl (C=O) groups is 2. The lowest BCUT2D eigenvalue weighted by Gasteiger charge is -2.21. The molecule has 0 spiro atoms. The molecule has 0 radical (unpaired) electrons. The van der Waals surface area contributed by atoms with Gasteiger partial charge in [0.15, 0.2) is 0 Å². The summed E-state index contributed by atoms with van der Waals surface area (Å²) in [7, 11) is 1.58. The van der Waals surface area contributed by atoms with E-state index in [-0.39, 0.29) is 17.6 Å². The van der Waals surface area contributed by atoms with Gasteiger partial charge in [0, 0.05) is 17.5 Å². The van der Waals surface area contributed by atoms with E-state index in [1.807, 2.05) is 0 Å². The van der Waals surface area contributed by atoms with Gasteiger partial charge < -0.3 is 15.0 Å². The Labute approximate surface area is 161 Å². The van der Waals surface area contributed by atoms with Gasteiger partial charge >= 0.3 is 0 Å². The van der Waals surface area contributed by atoms with Crippen molar-refractivity contribution in [3.05, 3.63) is 66.0 Å². The average Bonchev–Trinajstić information content (AvgIpc) is 3.18. The first-order valence-corrected chi connectivity index (χ1v) is 9.49. The third kappa shape index (κ3) is 4.89. The highest BCUT2D eigenvalue weighted by Crippen LogP contribution is 2.23. The number of thioether (sulfide) groups is 1. The van der Waals surface area contributed by atoms with Crippen molar-refractivity contribution in [1.29, 1.82) is 0 Å². The molecule has 5 nitrogen and oxygen atoms in total. The van der Waals surface area contributed by atoms with Gasteiger partial charge in [-0.05, 0) is 48.0 Å². The number of nitrogens with one attached hydrogen (secondary N) is 1. The van der Waals surface area contributed by atoms with Crippen LogP contribution in [0.4, 0.5) is 10.1 Å². The van der Waals surface area contributed by atoms with E-state index in [0.29, 0.717) is 23.1 Å². The summed E-state index contributed by atoms with van der Waals surface area (Å²) in [5.41, 5.74) is 1.36. The summed E-state index contributed by atoms with van der Waals surface area (Å²) in [6.45, 7) is 0. The standard InChI is InChI=1S/C20H19FN2O3S/c1-26-17-9-7-16(8-10-17)22-20(25)18-12-27-13-23(18)19(24)11-4-14-2-5-15(21)6-3-14/h2-11,18H,12-13H2,1H3,(H,22,25). The van der Waals surface area contributed by atoms with Gasteiger partial charge in [-0.3, -0.25) is 9.59 Å². The lowest BCUT2D eigenvalue weighted by molar-refractivity contribution is -0.132. The molecule has 140 valence electrons. The Bertz CT molecular complexity index is 837. The van der Waals surface area contributed by atoms with Gasteiger partial charge in [-0.2, -0.15) is 0 Å². The molecule has 7 heteroatoms. The van der Waals surface area contributed by atoms with Crippen LogP contribution in [-0.4, -0.2) is 41.5 Å². The molecule has 2 amide bonds. The number of benzene rings is 2. The number of ether oxygens (including phenoxy) is 1. The van der Waals surface area contributed by atoms with Crippen LogP contribution in [0.1, 0.15) is 5.56 Å². The molecule has 3 rings (SSSR count). The molecule has 1 atom stereocenters. The molecular weight excluding hydrogens is 367 g/mol. The van der Waals surface area contributed by atoms with Crippen molar-refractivity contribution < 1.29 is 18.7 Å². The monoisotopic (exact) mass is 386 g/mol. The zero-order valence-electron chi connectivity index (χ0n) is 14.7. The quantitative estimate of drug-likeness (QED) is 0.801. The molecule has 0 saturated carbocycles. The molecule has 1 aliphatic heterocycles. The largest absolute Gasteiger partial charge is 0.497 e. The van der Waals surface area contributed by atoms with E-state index in [1.165, 1.54) is 34.9 Å². The summed E-state index contributed by atoms with van der Waals surface area (Å²) in [6, 6.07) is 12.3. The van der Waals surface area contributed by atoms with Crippen molar-refractivity contribution in [2.75, 3.05) is 24.1 Å². The smallest absolute Gasteiger partial charge is 0.248 e. The molecule has 1 heterocycles. The maximum atomic E-state index is 12.9. The van der Waals surface area contributed by atoms with Crippen molar-refractivity contribution in [3.63, 3.8) is 0 Å². The predicted molar refractivity (Wildman–Crippen MR) is 105 cm³/mol. The van der Waals surface area contributed by atoms with Crippen LogP contribution < -0.4 is 10.1 Å². The first-order chi connectivity index (χ1) is 13.1. The molecule has 1 aliphatic rings. The second-order valence-electron chi connectivity index (χ2n) is 5.93. The summed E-state index contributed by atoms with van der Waals surface area (Å²) < 4.78 is 18.0. The third-order valence-electron chi connectivity index (χ3n) is 4.11. The van der Waals surface area contributed by atoms with Gasteiger partial charge in [0.1, 0.15) is 17.6 Å². The van der Waals surface area contributed by atoms with Crippen LogP contribution in [0.5, 0.6) is 5.75 Å². The highest BCUT2D eigenvalue weighted by Gasteiger charge is 2.33. The van der Waals surface area contributed by atoms with Crippen LogP contribution in [-0.2, 0) is 9.59 Å². The van der Waals surface area contributed by atoms with E-state index in [4.69, 9.17) is 4.74 Å². The Balaban J connectivity index is 1.63. The molecule has 1 fully saturated rings. The van der Waals surface area contributed by atoms with Gasteiger partial charge in [-0.1, -0.05) is 12.1 Å². The van der Waals surface area contributed by atoms with Crippen LogP contribution in [0.15, 0.2) is 54.6 Å². The molecule has 2 aromatic carbocycles. The van der Waals surface area contributed by atoms with E-state index in [9.17, 15) is 14.0 Å². The minimum Gasteiger partial charge on any atom is -0.497 e. The van der Waals surface area contributed by atoms with Crippen molar-refractivity contribution in [2.45, 2.75) is 6.04 Å². The SMILES string of the molecule is COc1ccc(NC(=O)C2CSCN2C(=O)C=Cc2ccc(F)cc2)cc1. The number of halogens is 1. The van der Waals surface area contributed by atoms with Crippen LogP contribution in [0.3, 0.4) is 0 Å². The van der Waals surface area contributed by atoms with Crippen LogP contribution in [0.25, 0.3) is 6.08 Å². The van der Waals surface area contributed by atoms with E-state index in [1.54, 1.807) is 49.6 Å². The van der Waals surface area contributed by atoms with Crippen molar-refractivity contribution in [2.24, 2.45) is 0 Å². The lowest BCUT2D eigenvalue weighted by Crippen LogP contribution is -2.43. The van der Waals surface area contributed by atoms with Gasteiger partial charge in [0.25, 0.3) is 0 Å². The fourth-order valence-electron chi connectivity index (χ4n) is 2.61. The van der Waals surface area contributed by atoms with Gasteiger partial charge in [0.05, 0.1) is 13.0 Å². The number of nitrogens with zero attached hydrogens (tertiary/aromatic N) is 1. The molecule has 0 bridgehead atoms. The molecule has 2 aromatic rings. The summed E-state index contributed by atoms with van der Waals surface area (Å²) in [4.78, 5) is 26.6. The van der Waals surface area contributed by atoms with E-state index >= 15 is 0 Å². The minimum absolute atomic E-state index is 0.228. The van der Waals surface area contributed by atoms with Crippen molar-refractivity contribution in [3.8, 4) is 5.75 Å². The topological polar surface area (TPSA) is 58.6 Å². The molecule has 0 aliphatic carbocycles. The average molecular weight is 386 g/mol. The number of amides is 2. The van der Waals surface area contributed by atoms with Crippen LogP contribution >= 0.6 is 11.8 Å². The predicted octanol–water partition coefficient (Wildman–Crippen LogP) is 3.39. The number of carbonyl (C=O) groups excluding carboxylic acids is 2. The zero-order chi connectivity index (χ0) is 19.2. The van der Waals surface area contributed by atoms with Gasteiger partial charge in [-0.25, -0.2) is 4.39 Å². The maximum absolute atomic E-state index is 12.9. The van der Waals surface area contributed by atoms with E-state index in [0.717, 1.165) is 5.56 Å². The summed E-state index contributed by atoms with van der Waals surface area (Å²) in [5.74, 6) is 0.885. The Morgan fingerprint density at radius 3 is 2.56 bits per heavy atom. The molecule has 27 heavy (non-hydrogen) atoms. The van der Waals surface area contributed by atoms with E-state index in [2.05, 4.69) is 5.32 Å². The normalized spacial score (nSPS) is 16.5. The number of hydrogen-bond acceptors (Lipinski definition) is 4. The maximum Gasteiger partial charge on any atom is 0.248 e. The number of anilines is 1. The van der Waals surface area contributed by atoms with Gasteiger partial charge in [0.2, 0.25) is 11.8 Å². The Morgan fingerprint density at radius 2 is 1.89 bits per heavy atom. The summed E-state index contributed by atoms with van der Waals surface area (Å²) >= 11 is 1.53. The lowest BCUT2D eigenvalue weighted by atomic mass is 10.2. The first-order valence-electron chi connectivity index (χ1n) is 8.34. The van der Waals surface area contributed by atoms with Crippen molar-refractivity contribution >= 4 is 35.3 Å². The Morgan fingerprint density at radius 1 is 1.19 bits per heavy atom. The van der Waals surface area contributed by atoms with Crippen LogP contribution in [0.2, 0.25) is 0 Å². The number of rotatable bonds is 5. The van der Waals surface area contributed by atoms with Crippen molar-refractivity contribution in [1.82, 2.24) is 4.90 Å². The fourth-order valence-corrected chi connectivity index (χ4v) is 3.78. The second-order valence-corrected chi connectivity index (χ2v) is 6.93. The van der Waals surface area contributed by atoms with Gasteiger partial charge in [-0.15, -0.1) is 11.8 Å². The minimum atomic E-state index is -0.539. The fraction of sp³-hybridized carbons (Fsp3) is 0.200. The summed E-state index contributed by atoms with van der Waals surface area (Å²) in [5, 5.41) is 2.83. The molecule has 0 aromatic heterocycles. The molecule has 1 unspecified atom stereocenters. The Hall–Kier alpha value is -2.80. The Kier molecular flexibility index (Phi) is 6.13. The molecule has 1 N–H and O–H groups in total. The highest BCUT2D eigenvalue weighted by atomic mass is 32.2.